The van der Waals surface area contributed by atoms with E-state index in [1.54, 1.807) is 0 Å². The summed E-state index contributed by atoms with van der Waals surface area (Å²) < 4.78 is 0. The summed E-state index contributed by atoms with van der Waals surface area (Å²) in [7, 11) is 0. The molecule has 0 aliphatic carbocycles. The minimum atomic E-state index is 1.14. The van der Waals surface area contributed by atoms with Crippen molar-refractivity contribution in [3.05, 3.63) is 130 Å². The van der Waals surface area contributed by atoms with E-state index in [0.29, 0.717) is 0 Å². The molecule has 0 aliphatic heterocycles. The average molecular weight is 472 g/mol. The SMILES string of the molecule is C=C(C)c1c(C)c(C)c(/C(C)=C(/C)c2ccc(N(c3ccccc3)c3ccccc3)cc2)c(C)c1C. The van der Waals surface area contributed by atoms with Crippen molar-refractivity contribution in [2.45, 2.75) is 48.5 Å². The Labute approximate surface area is 217 Å². The zero-order valence-electron chi connectivity index (χ0n) is 22.7. The first-order valence-corrected chi connectivity index (χ1v) is 12.7. The van der Waals surface area contributed by atoms with Crippen LogP contribution in [0, 0.1) is 27.7 Å². The van der Waals surface area contributed by atoms with Gasteiger partial charge in [0.15, 0.2) is 0 Å². The summed E-state index contributed by atoms with van der Waals surface area (Å²) in [5.74, 6) is 0. The topological polar surface area (TPSA) is 3.24 Å². The second-order valence-electron chi connectivity index (χ2n) is 9.83. The lowest BCUT2D eigenvalue weighted by molar-refractivity contribution is 1.19. The second kappa shape index (κ2) is 10.4. The van der Waals surface area contributed by atoms with Crippen LogP contribution in [0.5, 0.6) is 0 Å². The third-order valence-corrected chi connectivity index (χ3v) is 7.58. The summed E-state index contributed by atoms with van der Waals surface area (Å²) in [6.07, 6.45) is 0. The van der Waals surface area contributed by atoms with Gasteiger partial charge in [-0.3, -0.25) is 0 Å². The standard InChI is InChI=1S/C35H37N/c1-23(2)34-26(5)28(7)35(29(8)27(34)6)25(4)24(3)30-19-21-33(22-20-30)36(31-15-11-9-12-16-31)32-17-13-10-14-18-32/h9-22H,1H2,2-8H3/b25-24-. The van der Waals surface area contributed by atoms with Crippen molar-refractivity contribution in [3.63, 3.8) is 0 Å². The zero-order chi connectivity index (χ0) is 26.0. The largest absolute Gasteiger partial charge is 0.311 e. The lowest BCUT2D eigenvalue weighted by Gasteiger charge is -2.26. The van der Waals surface area contributed by atoms with Gasteiger partial charge in [-0.15, -0.1) is 0 Å². The highest BCUT2D eigenvalue weighted by Gasteiger charge is 2.18. The number of rotatable bonds is 6. The van der Waals surface area contributed by atoms with Crippen LogP contribution in [0.2, 0.25) is 0 Å². The molecule has 4 aromatic rings. The maximum atomic E-state index is 4.24. The van der Waals surface area contributed by atoms with Crippen molar-refractivity contribution in [2.75, 3.05) is 4.90 Å². The number of hydrogen-bond donors (Lipinski definition) is 0. The summed E-state index contributed by atoms with van der Waals surface area (Å²) in [6, 6.07) is 30.0. The maximum Gasteiger partial charge on any atom is 0.0462 e. The lowest BCUT2D eigenvalue weighted by atomic mass is 9.82. The Kier molecular flexibility index (Phi) is 7.31. The number of allylic oxidation sites excluding steroid dienone is 3. The molecule has 0 bridgehead atoms. The van der Waals surface area contributed by atoms with Crippen LogP contribution in [0.15, 0.2) is 91.5 Å². The Bertz CT molecular complexity index is 1350. The first-order valence-electron chi connectivity index (χ1n) is 12.7. The van der Waals surface area contributed by atoms with Gasteiger partial charge in [0.25, 0.3) is 0 Å². The predicted molar refractivity (Wildman–Crippen MR) is 159 cm³/mol. The molecular weight excluding hydrogens is 434 g/mol. The Morgan fingerprint density at radius 2 is 0.889 bits per heavy atom. The first-order chi connectivity index (χ1) is 17.2. The average Bonchev–Trinajstić information content (AvgIpc) is 2.89. The van der Waals surface area contributed by atoms with Gasteiger partial charge in [0, 0.05) is 17.1 Å². The molecule has 0 N–H and O–H groups in total. The fourth-order valence-corrected chi connectivity index (χ4v) is 5.38. The molecule has 0 saturated carbocycles. The molecule has 0 spiro atoms. The fraction of sp³-hybridized carbons (Fsp3) is 0.200. The van der Waals surface area contributed by atoms with E-state index in [1.807, 2.05) is 0 Å². The lowest BCUT2D eigenvalue weighted by Crippen LogP contribution is -2.09. The van der Waals surface area contributed by atoms with E-state index in [2.05, 4.69) is 145 Å². The normalized spacial score (nSPS) is 11.8. The molecule has 0 amide bonds. The molecule has 0 fully saturated rings. The number of hydrogen-bond acceptors (Lipinski definition) is 1. The van der Waals surface area contributed by atoms with E-state index >= 15 is 0 Å². The van der Waals surface area contributed by atoms with E-state index in [4.69, 9.17) is 0 Å². The van der Waals surface area contributed by atoms with Crippen LogP contribution >= 0.6 is 0 Å². The molecule has 4 rings (SSSR count). The van der Waals surface area contributed by atoms with Crippen molar-refractivity contribution in [3.8, 4) is 0 Å². The van der Waals surface area contributed by atoms with Crippen molar-refractivity contribution >= 4 is 33.8 Å². The van der Waals surface area contributed by atoms with Gasteiger partial charge < -0.3 is 4.90 Å². The molecule has 36 heavy (non-hydrogen) atoms. The van der Waals surface area contributed by atoms with Crippen LogP contribution < -0.4 is 4.90 Å². The molecule has 0 unspecified atom stereocenters. The van der Waals surface area contributed by atoms with Gasteiger partial charge in [0.05, 0.1) is 0 Å². The molecule has 4 aromatic carbocycles. The van der Waals surface area contributed by atoms with Gasteiger partial charge >= 0.3 is 0 Å². The van der Waals surface area contributed by atoms with Gasteiger partial charge in [0.2, 0.25) is 0 Å². The summed E-state index contributed by atoms with van der Waals surface area (Å²) >= 11 is 0. The molecule has 0 radical (unpaired) electrons. The molecule has 0 aromatic heterocycles. The molecule has 1 nitrogen and oxygen atoms in total. The number of para-hydroxylation sites is 2. The Morgan fingerprint density at radius 1 is 0.500 bits per heavy atom. The van der Waals surface area contributed by atoms with Crippen LogP contribution in [0.3, 0.4) is 0 Å². The first kappa shape index (κ1) is 25.3. The van der Waals surface area contributed by atoms with Crippen LogP contribution in [0.25, 0.3) is 16.7 Å². The van der Waals surface area contributed by atoms with Crippen LogP contribution in [0.4, 0.5) is 17.1 Å². The third kappa shape index (κ3) is 4.66. The number of benzene rings is 4. The molecule has 0 atom stereocenters. The Balaban J connectivity index is 1.78. The zero-order valence-corrected chi connectivity index (χ0v) is 22.7. The Hall–Kier alpha value is -3.84. The smallest absolute Gasteiger partial charge is 0.0462 e. The molecule has 0 aliphatic rings. The van der Waals surface area contributed by atoms with Crippen molar-refractivity contribution in [1.29, 1.82) is 0 Å². The summed E-state index contributed by atoms with van der Waals surface area (Å²) in [5, 5.41) is 0. The fourth-order valence-electron chi connectivity index (χ4n) is 5.38. The van der Waals surface area contributed by atoms with Crippen LogP contribution in [0.1, 0.15) is 59.7 Å². The van der Waals surface area contributed by atoms with Crippen molar-refractivity contribution in [2.24, 2.45) is 0 Å². The van der Waals surface area contributed by atoms with Gasteiger partial charge in [-0.1, -0.05) is 60.7 Å². The summed E-state index contributed by atoms with van der Waals surface area (Å²) in [5.41, 5.74) is 16.5. The van der Waals surface area contributed by atoms with Crippen LogP contribution in [-0.4, -0.2) is 0 Å². The molecular formula is C35H37N. The van der Waals surface area contributed by atoms with Crippen molar-refractivity contribution in [1.82, 2.24) is 0 Å². The second-order valence-corrected chi connectivity index (χ2v) is 9.83. The minimum absolute atomic E-state index is 1.14. The highest BCUT2D eigenvalue weighted by atomic mass is 15.1. The molecule has 0 saturated heterocycles. The summed E-state index contributed by atoms with van der Waals surface area (Å²) in [4.78, 5) is 2.30. The predicted octanol–water partition coefficient (Wildman–Crippen LogP) is 10.4. The highest BCUT2D eigenvalue weighted by Crippen LogP contribution is 2.38. The van der Waals surface area contributed by atoms with E-state index in [-0.39, 0.29) is 0 Å². The highest BCUT2D eigenvalue weighted by molar-refractivity contribution is 5.92. The number of nitrogens with zero attached hydrogens (tertiary/aromatic N) is 1. The Morgan fingerprint density at radius 3 is 1.31 bits per heavy atom. The van der Waals surface area contributed by atoms with Gasteiger partial charge in [-0.2, -0.15) is 0 Å². The van der Waals surface area contributed by atoms with E-state index in [0.717, 1.165) is 22.6 Å². The molecule has 0 heterocycles. The maximum absolute atomic E-state index is 4.24. The van der Waals surface area contributed by atoms with E-state index in [1.165, 1.54) is 50.1 Å². The number of anilines is 3. The van der Waals surface area contributed by atoms with Gasteiger partial charge in [0.1, 0.15) is 0 Å². The monoisotopic (exact) mass is 471 g/mol. The van der Waals surface area contributed by atoms with Crippen molar-refractivity contribution < 1.29 is 0 Å². The molecule has 1 heteroatoms. The quantitative estimate of drug-likeness (QED) is 0.253. The third-order valence-electron chi connectivity index (χ3n) is 7.58. The van der Waals surface area contributed by atoms with E-state index < -0.39 is 0 Å². The van der Waals surface area contributed by atoms with E-state index in [9.17, 15) is 0 Å². The summed E-state index contributed by atoms with van der Waals surface area (Å²) in [6.45, 7) is 19.8. The van der Waals surface area contributed by atoms with Gasteiger partial charge in [-0.25, -0.2) is 0 Å². The minimum Gasteiger partial charge on any atom is -0.311 e. The van der Waals surface area contributed by atoms with Gasteiger partial charge in [-0.05, 0) is 135 Å². The van der Waals surface area contributed by atoms with Crippen LogP contribution in [-0.2, 0) is 0 Å². The molecule has 182 valence electrons.